The van der Waals surface area contributed by atoms with Crippen LogP contribution in [0.5, 0.6) is 0 Å². The lowest BCUT2D eigenvalue weighted by Crippen LogP contribution is -2.34. The SMILES string of the molecule is CN1C(C(=O)O)=CC2C(N)=CC=CC21. The van der Waals surface area contributed by atoms with E-state index in [1.54, 1.807) is 18.0 Å². The van der Waals surface area contributed by atoms with Crippen LogP contribution < -0.4 is 5.73 Å². The van der Waals surface area contributed by atoms with Crippen molar-refractivity contribution < 1.29 is 9.90 Å². The molecule has 0 radical (unpaired) electrons. The van der Waals surface area contributed by atoms with Crippen LogP contribution in [0.25, 0.3) is 0 Å². The summed E-state index contributed by atoms with van der Waals surface area (Å²) in [6.45, 7) is 0. The molecule has 0 fully saturated rings. The van der Waals surface area contributed by atoms with Crippen LogP contribution in [-0.4, -0.2) is 29.1 Å². The second kappa shape index (κ2) is 2.90. The lowest BCUT2D eigenvalue weighted by atomic mass is 9.94. The molecule has 0 bridgehead atoms. The van der Waals surface area contributed by atoms with Crippen molar-refractivity contribution >= 4 is 5.97 Å². The number of nitrogens with zero attached hydrogens (tertiary/aromatic N) is 1. The van der Waals surface area contributed by atoms with Gasteiger partial charge in [0.05, 0.1) is 6.04 Å². The summed E-state index contributed by atoms with van der Waals surface area (Å²) in [4.78, 5) is 12.6. The van der Waals surface area contributed by atoms with E-state index in [-0.39, 0.29) is 12.0 Å². The number of carbonyl (C=O) groups is 1. The van der Waals surface area contributed by atoms with Crippen molar-refractivity contribution in [2.24, 2.45) is 11.7 Å². The van der Waals surface area contributed by atoms with Crippen molar-refractivity contribution in [3.8, 4) is 0 Å². The van der Waals surface area contributed by atoms with Gasteiger partial charge in [0.2, 0.25) is 0 Å². The van der Waals surface area contributed by atoms with Gasteiger partial charge < -0.3 is 15.7 Å². The zero-order valence-electron chi connectivity index (χ0n) is 7.84. The van der Waals surface area contributed by atoms with Gasteiger partial charge in [0.1, 0.15) is 5.70 Å². The van der Waals surface area contributed by atoms with Crippen molar-refractivity contribution in [3.63, 3.8) is 0 Å². The van der Waals surface area contributed by atoms with Gasteiger partial charge in [-0.05, 0) is 12.2 Å². The number of carboxylic acid groups (broad SMARTS) is 1. The van der Waals surface area contributed by atoms with Crippen molar-refractivity contribution in [2.45, 2.75) is 6.04 Å². The van der Waals surface area contributed by atoms with Gasteiger partial charge in [-0.2, -0.15) is 0 Å². The predicted molar refractivity (Wildman–Crippen MR) is 52.2 cm³/mol. The van der Waals surface area contributed by atoms with Crippen molar-refractivity contribution in [2.75, 3.05) is 7.05 Å². The second-order valence-electron chi connectivity index (χ2n) is 3.54. The molecule has 2 aliphatic rings. The Kier molecular flexibility index (Phi) is 1.84. The smallest absolute Gasteiger partial charge is 0.351 e. The summed E-state index contributed by atoms with van der Waals surface area (Å²) in [6, 6.07) is 0.0612. The monoisotopic (exact) mass is 192 g/mol. The molecule has 0 aromatic rings. The van der Waals surface area contributed by atoms with Crippen LogP contribution in [0.3, 0.4) is 0 Å². The summed E-state index contributed by atoms with van der Waals surface area (Å²) >= 11 is 0. The zero-order chi connectivity index (χ0) is 10.3. The van der Waals surface area contributed by atoms with Crippen LogP contribution in [0.15, 0.2) is 35.7 Å². The highest BCUT2D eigenvalue weighted by molar-refractivity contribution is 5.87. The minimum Gasteiger partial charge on any atom is -0.477 e. The van der Waals surface area contributed by atoms with Gasteiger partial charge in [0, 0.05) is 18.7 Å². The Bertz CT molecular complexity index is 368. The molecule has 0 saturated heterocycles. The quantitative estimate of drug-likeness (QED) is 0.627. The number of hydrogen-bond donors (Lipinski definition) is 2. The molecular formula is C10H12N2O2. The van der Waals surface area contributed by atoms with Crippen LogP contribution in [0.1, 0.15) is 0 Å². The molecule has 3 N–H and O–H groups in total. The van der Waals surface area contributed by atoms with Gasteiger partial charge >= 0.3 is 5.97 Å². The third kappa shape index (κ3) is 1.11. The fraction of sp³-hybridized carbons (Fsp3) is 0.300. The lowest BCUT2D eigenvalue weighted by Gasteiger charge is -2.27. The number of hydrogen-bond acceptors (Lipinski definition) is 3. The lowest BCUT2D eigenvalue weighted by molar-refractivity contribution is -0.134. The first-order chi connectivity index (χ1) is 6.61. The summed E-state index contributed by atoms with van der Waals surface area (Å²) in [5.74, 6) is -0.890. The maximum absolute atomic E-state index is 10.9. The van der Waals surface area contributed by atoms with Gasteiger partial charge in [0.25, 0.3) is 0 Å². The van der Waals surface area contributed by atoms with Crippen LogP contribution >= 0.6 is 0 Å². The maximum atomic E-state index is 10.9. The van der Waals surface area contributed by atoms with E-state index in [9.17, 15) is 4.79 Å². The third-order valence-electron chi connectivity index (χ3n) is 2.73. The van der Waals surface area contributed by atoms with Gasteiger partial charge in [-0.1, -0.05) is 12.2 Å². The zero-order valence-corrected chi connectivity index (χ0v) is 7.84. The van der Waals surface area contributed by atoms with Crippen molar-refractivity contribution in [3.05, 3.63) is 35.7 Å². The molecule has 1 aliphatic carbocycles. The molecule has 1 heterocycles. The third-order valence-corrected chi connectivity index (χ3v) is 2.73. The minimum absolute atomic E-state index is 0.0103. The maximum Gasteiger partial charge on any atom is 0.351 e. The summed E-state index contributed by atoms with van der Waals surface area (Å²) in [5, 5.41) is 8.92. The average Bonchev–Trinajstić information content (AvgIpc) is 2.46. The predicted octanol–water partition coefficient (Wildman–Crippen LogP) is 0.298. The summed E-state index contributed by atoms with van der Waals surface area (Å²) in [7, 11) is 1.77. The number of carboxylic acids is 1. The molecule has 2 rings (SSSR count). The topological polar surface area (TPSA) is 66.6 Å². The van der Waals surface area contributed by atoms with E-state index in [1.807, 2.05) is 18.2 Å². The largest absolute Gasteiger partial charge is 0.477 e. The highest BCUT2D eigenvalue weighted by atomic mass is 16.4. The number of nitrogens with two attached hydrogens (primary N) is 1. The molecule has 0 aromatic carbocycles. The molecule has 2 atom stereocenters. The molecule has 0 spiro atoms. The van der Waals surface area contributed by atoms with Crippen LogP contribution in [-0.2, 0) is 4.79 Å². The number of allylic oxidation sites excluding steroid dienone is 2. The van der Waals surface area contributed by atoms with Crippen LogP contribution in [0.2, 0.25) is 0 Å². The fourth-order valence-electron chi connectivity index (χ4n) is 1.94. The molecule has 0 amide bonds. The Morgan fingerprint density at radius 2 is 2.36 bits per heavy atom. The van der Waals surface area contributed by atoms with E-state index in [1.165, 1.54) is 0 Å². The first-order valence-corrected chi connectivity index (χ1v) is 4.43. The molecule has 74 valence electrons. The Morgan fingerprint density at radius 1 is 1.64 bits per heavy atom. The normalized spacial score (nSPS) is 29.6. The first-order valence-electron chi connectivity index (χ1n) is 4.43. The molecule has 14 heavy (non-hydrogen) atoms. The van der Waals surface area contributed by atoms with Gasteiger partial charge in [-0.25, -0.2) is 4.79 Å². The molecule has 4 nitrogen and oxygen atoms in total. The van der Waals surface area contributed by atoms with E-state index < -0.39 is 5.97 Å². The highest BCUT2D eigenvalue weighted by Gasteiger charge is 2.35. The van der Waals surface area contributed by atoms with Crippen molar-refractivity contribution in [1.29, 1.82) is 0 Å². The van der Waals surface area contributed by atoms with Crippen LogP contribution in [0.4, 0.5) is 0 Å². The number of likely N-dealkylation sites (N-methyl/N-ethyl adjacent to an activating group) is 1. The summed E-state index contributed by atoms with van der Waals surface area (Å²) in [5.41, 5.74) is 6.84. The number of fused-ring (bicyclic) bond motifs is 1. The van der Waals surface area contributed by atoms with E-state index in [2.05, 4.69) is 0 Å². The fourth-order valence-corrected chi connectivity index (χ4v) is 1.94. The van der Waals surface area contributed by atoms with Crippen molar-refractivity contribution in [1.82, 2.24) is 4.90 Å². The van der Waals surface area contributed by atoms with Gasteiger partial charge in [-0.15, -0.1) is 0 Å². The Hall–Kier alpha value is -1.71. The minimum atomic E-state index is -0.900. The van der Waals surface area contributed by atoms with E-state index in [0.29, 0.717) is 5.70 Å². The molecule has 0 aromatic heterocycles. The van der Waals surface area contributed by atoms with E-state index >= 15 is 0 Å². The van der Waals surface area contributed by atoms with E-state index in [4.69, 9.17) is 10.8 Å². The molecule has 2 unspecified atom stereocenters. The first kappa shape index (κ1) is 8.87. The standard InChI is InChI=1S/C10H12N2O2/c1-12-8-4-2-3-7(11)6(8)5-9(12)10(13)14/h2-6,8H,11H2,1H3,(H,13,14). The van der Waals surface area contributed by atoms with Crippen LogP contribution in [0, 0.1) is 5.92 Å². The average molecular weight is 192 g/mol. The summed E-state index contributed by atoms with van der Waals surface area (Å²) in [6.07, 6.45) is 7.36. The number of rotatable bonds is 1. The van der Waals surface area contributed by atoms with E-state index in [0.717, 1.165) is 5.70 Å². The van der Waals surface area contributed by atoms with Gasteiger partial charge in [0.15, 0.2) is 0 Å². The Balaban J connectivity index is 2.36. The molecule has 1 aliphatic heterocycles. The second-order valence-corrected chi connectivity index (χ2v) is 3.54. The summed E-state index contributed by atoms with van der Waals surface area (Å²) < 4.78 is 0. The molecule has 4 heteroatoms. The molecular weight excluding hydrogens is 180 g/mol. The number of aliphatic carboxylic acids is 1. The molecule has 0 saturated carbocycles. The Morgan fingerprint density at radius 3 is 2.93 bits per heavy atom. The van der Waals surface area contributed by atoms with Gasteiger partial charge in [-0.3, -0.25) is 0 Å². The highest BCUT2D eigenvalue weighted by Crippen LogP contribution is 2.32. The Labute approximate surface area is 82.0 Å².